The van der Waals surface area contributed by atoms with Crippen LogP contribution in [0.2, 0.25) is 0 Å². The average molecular weight is 239 g/mol. The van der Waals surface area contributed by atoms with Gasteiger partial charge in [-0.05, 0) is 52.0 Å². The molecule has 0 aromatic heterocycles. The third-order valence-corrected chi connectivity index (χ3v) is 4.51. The van der Waals surface area contributed by atoms with Crippen LogP contribution in [-0.2, 0) is 0 Å². The molecule has 3 heteroatoms. The zero-order valence-electron chi connectivity index (χ0n) is 11.7. The summed E-state index contributed by atoms with van der Waals surface area (Å²) >= 11 is 0. The standard InChI is InChI=1S/C14H29N3/c1-3-15(4-2)8-6-9-16-11-12-17-10-5-7-14(17)13-16/h14H,3-13H2,1-2H3. The van der Waals surface area contributed by atoms with Crippen LogP contribution >= 0.6 is 0 Å². The zero-order chi connectivity index (χ0) is 12.1. The van der Waals surface area contributed by atoms with E-state index in [1.807, 2.05) is 0 Å². The third kappa shape index (κ3) is 3.67. The van der Waals surface area contributed by atoms with E-state index in [1.165, 1.54) is 71.6 Å². The van der Waals surface area contributed by atoms with Gasteiger partial charge in [0.1, 0.15) is 0 Å². The van der Waals surface area contributed by atoms with Gasteiger partial charge in [0.2, 0.25) is 0 Å². The molecule has 0 N–H and O–H groups in total. The van der Waals surface area contributed by atoms with E-state index in [2.05, 4.69) is 28.5 Å². The molecule has 0 spiro atoms. The highest BCUT2D eigenvalue weighted by Gasteiger charge is 2.29. The second-order valence-electron chi connectivity index (χ2n) is 5.51. The first-order valence-corrected chi connectivity index (χ1v) is 7.52. The van der Waals surface area contributed by atoms with Crippen molar-refractivity contribution < 1.29 is 0 Å². The first-order chi connectivity index (χ1) is 8.33. The third-order valence-electron chi connectivity index (χ3n) is 4.51. The van der Waals surface area contributed by atoms with Gasteiger partial charge in [-0.3, -0.25) is 4.90 Å². The highest BCUT2D eigenvalue weighted by atomic mass is 15.3. The quantitative estimate of drug-likeness (QED) is 0.695. The highest BCUT2D eigenvalue weighted by Crippen LogP contribution is 2.21. The Labute approximate surface area is 107 Å². The number of piperazine rings is 1. The van der Waals surface area contributed by atoms with Gasteiger partial charge in [-0.25, -0.2) is 0 Å². The van der Waals surface area contributed by atoms with Crippen molar-refractivity contribution in [1.29, 1.82) is 0 Å². The molecule has 0 aromatic rings. The van der Waals surface area contributed by atoms with Crippen LogP contribution in [0.4, 0.5) is 0 Å². The van der Waals surface area contributed by atoms with E-state index in [0.717, 1.165) is 6.04 Å². The molecule has 2 aliphatic heterocycles. The van der Waals surface area contributed by atoms with Crippen molar-refractivity contribution in [3.05, 3.63) is 0 Å². The molecular weight excluding hydrogens is 210 g/mol. The van der Waals surface area contributed by atoms with Gasteiger partial charge >= 0.3 is 0 Å². The normalized spacial score (nSPS) is 26.6. The number of fused-ring (bicyclic) bond motifs is 1. The summed E-state index contributed by atoms with van der Waals surface area (Å²) in [4.78, 5) is 7.92. The maximum Gasteiger partial charge on any atom is 0.0224 e. The SMILES string of the molecule is CCN(CC)CCCN1CCN2CCCC2C1. The van der Waals surface area contributed by atoms with Gasteiger partial charge in [0.25, 0.3) is 0 Å². The lowest BCUT2D eigenvalue weighted by Crippen LogP contribution is -2.50. The summed E-state index contributed by atoms with van der Waals surface area (Å²) < 4.78 is 0. The molecule has 0 saturated carbocycles. The molecule has 0 aromatic carbocycles. The van der Waals surface area contributed by atoms with E-state index < -0.39 is 0 Å². The van der Waals surface area contributed by atoms with Crippen LogP contribution < -0.4 is 0 Å². The Kier molecular flexibility index (Phi) is 5.26. The molecule has 0 amide bonds. The van der Waals surface area contributed by atoms with Gasteiger partial charge in [0.15, 0.2) is 0 Å². The summed E-state index contributed by atoms with van der Waals surface area (Å²) in [6.07, 6.45) is 4.21. The summed E-state index contributed by atoms with van der Waals surface area (Å²) in [7, 11) is 0. The lowest BCUT2D eigenvalue weighted by atomic mass is 10.1. The van der Waals surface area contributed by atoms with Gasteiger partial charge in [-0.2, -0.15) is 0 Å². The maximum absolute atomic E-state index is 2.70. The van der Waals surface area contributed by atoms with E-state index in [0.29, 0.717) is 0 Å². The van der Waals surface area contributed by atoms with Crippen LogP contribution in [0.1, 0.15) is 33.1 Å². The van der Waals surface area contributed by atoms with E-state index in [1.54, 1.807) is 0 Å². The van der Waals surface area contributed by atoms with Crippen LogP contribution in [0.5, 0.6) is 0 Å². The lowest BCUT2D eigenvalue weighted by molar-refractivity contribution is 0.101. The molecule has 0 aliphatic carbocycles. The number of hydrogen-bond donors (Lipinski definition) is 0. The van der Waals surface area contributed by atoms with Crippen molar-refractivity contribution in [1.82, 2.24) is 14.7 Å². The maximum atomic E-state index is 2.70. The van der Waals surface area contributed by atoms with E-state index >= 15 is 0 Å². The molecule has 100 valence electrons. The summed E-state index contributed by atoms with van der Waals surface area (Å²) in [5, 5.41) is 0. The van der Waals surface area contributed by atoms with Crippen LogP contribution in [-0.4, -0.2) is 73.1 Å². The molecule has 1 atom stereocenters. The van der Waals surface area contributed by atoms with Crippen LogP contribution in [0.25, 0.3) is 0 Å². The smallest absolute Gasteiger partial charge is 0.0224 e. The molecular formula is C14H29N3. The molecule has 2 aliphatic rings. The number of hydrogen-bond acceptors (Lipinski definition) is 3. The first kappa shape index (κ1) is 13.3. The van der Waals surface area contributed by atoms with Gasteiger partial charge in [0, 0.05) is 25.7 Å². The van der Waals surface area contributed by atoms with Crippen molar-refractivity contribution in [2.24, 2.45) is 0 Å². The largest absolute Gasteiger partial charge is 0.304 e. The lowest BCUT2D eigenvalue weighted by Gasteiger charge is -2.37. The molecule has 3 nitrogen and oxygen atoms in total. The van der Waals surface area contributed by atoms with Gasteiger partial charge in [-0.1, -0.05) is 13.8 Å². The predicted molar refractivity (Wildman–Crippen MR) is 73.4 cm³/mol. The molecule has 2 rings (SSSR count). The van der Waals surface area contributed by atoms with Crippen molar-refractivity contribution in [2.45, 2.75) is 39.2 Å². The molecule has 2 saturated heterocycles. The minimum absolute atomic E-state index is 0.886. The van der Waals surface area contributed by atoms with E-state index in [9.17, 15) is 0 Å². The molecule has 0 radical (unpaired) electrons. The van der Waals surface area contributed by atoms with Crippen LogP contribution in [0.3, 0.4) is 0 Å². The number of nitrogens with zero attached hydrogens (tertiary/aromatic N) is 3. The fourth-order valence-electron chi connectivity index (χ4n) is 3.32. The fraction of sp³-hybridized carbons (Fsp3) is 1.00. The van der Waals surface area contributed by atoms with Crippen molar-refractivity contribution in [3.8, 4) is 0 Å². The Bertz CT molecular complexity index is 216. The molecule has 1 unspecified atom stereocenters. The number of rotatable bonds is 6. The van der Waals surface area contributed by atoms with Crippen molar-refractivity contribution >= 4 is 0 Å². The monoisotopic (exact) mass is 239 g/mol. The van der Waals surface area contributed by atoms with Gasteiger partial charge in [-0.15, -0.1) is 0 Å². The fourth-order valence-corrected chi connectivity index (χ4v) is 3.32. The molecule has 2 heterocycles. The van der Waals surface area contributed by atoms with Crippen molar-refractivity contribution in [3.63, 3.8) is 0 Å². The molecule has 2 fully saturated rings. The van der Waals surface area contributed by atoms with Crippen LogP contribution in [0.15, 0.2) is 0 Å². The Hall–Kier alpha value is -0.120. The first-order valence-electron chi connectivity index (χ1n) is 7.52. The molecule has 0 bridgehead atoms. The zero-order valence-corrected chi connectivity index (χ0v) is 11.7. The minimum atomic E-state index is 0.886. The minimum Gasteiger partial charge on any atom is -0.304 e. The molecule has 17 heavy (non-hydrogen) atoms. The summed E-state index contributed by atoms with van der Waals surface area (Å²) in [5.74, 6) is 0. The second-order valence-corrected chi connectivity index (χ2v) is 5.51. The highest BCUT2D eigenvalue weighted by molar-refractivity contribution is 4.86. The Balaban J connectivity index is 1.63. The Morgan fingerprint density at radius 1 is 1.12 bits per heavy atom. The summed E-state index contributed by atoms with van der Waals surface area (Å²) in [5.41, 5.74) is 0. The Morgan fingerprint density at radius 2 is 1.94 bits per heavy atom. The van der Waals surface area contributed by atoms with Gasteiger partial charge < -0.3 is 9.80 Å². The van der Waals surface area contributed by atoms with E-state index in [4.69, 9.17) is 0 Å². The topological polar surface area (TPSA) is 9.72 Å². The van der Waals surface area contributed by atoms with E-state index in [-0.39, 0.29) is 0 Å². The average Bonchev–Trinajstić information content (AvgIpc) is 2.82. The second kappa shape index (κ2) is 6.72. The Morgan fingerprint density at radius 3 is 2.71 bits per heavy atom. The summed E-state index contributed by atoms with van der Waals surface area (Å²) in [6.45, 7) is 14.8. The van der Waals surface area contributed by atoms with Crippen LogP contribution in [0, 0.1) is 0 Å². The predicted octanol–water partition coefficient (Wildman–Crippen LogP) is 1.50. The van der Waals surface area contributed by atoms with Crippen molar-refractivity contribution in [2.75, 3.05) is 52.4 Å². The van der Waals surface area contributed by atoms with Gasteiger partial charge in [0.05, 0.1) is 0 Å². The summed E-state index contributed by atoms with van der Waals surface area (Å²) in [6, 6.07) is 0.886.